The molecule has 1 aromatic carbocycles. The molecule has 1 amide bonds. The summed E-state index contributed by atoms with van der Waals surface area (Å²) in [6.07, 6.45) is 4.41. The molecule has 30 heavy (non-hydrogen) atoms. The Morgan fingerprint density at radius 2 is 1.73 bits per heavy atom. The summed E-state index contributed by atoms with van der Waals surface area (Å²) in [5.74, 6) is 0. The molecule has 0 N–H and O–H groups in total. The van der Waals surface area contributed by atoms with Gasteiger partial charge in [0.15, 0.2) is 0 Å². The first-order chi connectivity index (χ1) is 13.9. The average molecular weight is 413 g/mol. The van der Waals surface area contributed by atoms with Crippen LogP contribution in [0.15, 0.2) is 41.9 Å². The Morgan fingerprint density at radius 1 is 1.13 bits per heavy atom. The highest BCUT2D eigenvalue weighted by atomic mass is 16.7. The summed E-state index contributed by atoms with van der Waals surface area (Å²) in [7, 11) is -0.306. The molecule has 1 fully saturated rings. The maximum Gasteiger partial charge on any atom is 0.490 e. The molecule has 1 aromatic rings. The van der Waals surface area contributed by atoms with Crippen molar-refractivity contribution >= 4 is 13.2 Å². The van der Waals surface area contributed by atoms with Crippen LogP contribution in [0.2, 0.25) is 0 Å². The molecule has 0 aromatic heterocycles. The second kappa shape index (κ2) is 8.39. The summed E-state index contributed by atoms with van der Waals surface area (Å²) in [5.41, 5.74) is 1.07. The Labute approximate surface area is 181 Å². The fraction of sp³-hybridized carbons (Fsp3) is 0.625. The lowest BCUT2D eigenvalue weighted by atomic mass is 9.71. The largest absolute Gasteiger partial charge is 0.490 e. The molecule has 1 saturated heterocycles. The van der Waals surface area contributed by atoms with Gasteiger partial charge in [0, 0.05) is 12.6 Å². The molecule has 1 heterocycles. The van der Waals surface area contributed by atoms with E-state index in [1.165, 1.54) is 5.47 Å². The predicted octanol–water partition coefficient (Wildman–Crippen LogP) is 5.53. The lowest BCUT2D eigenvalue weighted by Crippen LogP contribution is -2.44. The van der Waals surface area contributed by atoms with Gasteiger partial charge in [0.05, 0.1) is 11.2 Å². The van der Waals surface area contributed by atoms with Crippen LogP contribution in [0.1, 0.15) is 73.3 Å². The van der Waals surface area contributed by atoms with Gasteiger partial charge in [0.1, 0.15) is 5.60 Å². The Morgan fingerprint density at radius 3 is 2.23 bits per heavy atom. The van der Waals surface area contributed by atoms with Gasteiger partial charge < -0.3 is 18.9 Å². The first-order valence-electron chi connectivity index (χ1n) is 11.0. The topological polar surface area (TPSA) is 48.0 Å². The second-order valence-corrected chi connectivity index (χ2v) is 10.4. The lowest BCUT2D eigenvalue weighted by Gasteiger charge is -2.35. The molecule has 0 radical (unpaired) electrons. The van der Waals surface area contributed by atoms with Crippen molar-refractivity contribution in [1.29, 1.82) is 0 Å². The molecule has 3 rings (SSSR count). The van der Waals surface area contributed by atoms with E-state index in [9.17, 15) is 4.79 Å². The number of hydrogen-bond donors (Lipinski definition) is 0. The first-order valence-corrected chi connectivity index (χ1v) is 11.0. The van der Waals surface area contributed by atoms with Crippen LogP contribution in [0, 0.1) is 0 Å². The van der Waals surface area contributed by atoms with E-state index in [1.54, 1.807) is 0 Å². The van der Waals surface area contributed by atoms with Gasteiger partial charge in [-0.25, -0.2) is 4.79 Å². The minimum atomic E-state index is -0.523. The monoisotopic (exact) mass is 413 g/mol. The fourth-order valence-corrected chi connectivity index (χ4v) is 3.78. The Hall–Kier alpha value is -1.79. The number of ether oxygens (including phenoxy) is 1. The van der Waals surface area contributed by atoms with Gasteiger partial charge in [-0.3, -0.25) is 0 Å². The van der Waals surface area contributed by atoms with Crippen molar-refractivity contribution in [3.8, 4) is 0 Å². The van der Waals surface area contributed by atoms with Crippen LogP contribution in [0.5, 0.6) is 0 Å². The molecule has 1 aliphatic heterocycles. The Bertz CT molecular complexity index is 766. The van der Waals surface area contributed by atoms with Crippen LogP contribution in [0.4, 0.5) is 4.79 Å². The van der Waals surface area contributed by atoms with Crippen molar-refractivity contribution in [2.75, 3.05) is 0 Å². The summed E-state index contributed by atoms with van der Waals surface area (Å²) in [6, 6.07) is 10.2. The van der Waals surface area contributed by atoms with Gasteiger partial charge in [-0.2, -0.15) is 0 Å². The summed E-state index contributed by atoms with van der Waals surface area (Å²) in [6.45, 7) is 14.5. The zero-order valence-corrected chi connectivity index (χ0v) is 19.5. The molecule has 164 valence electrons. The summed E-state index contributed by atoms with van der Waals surface area (Å²) in [4.78, 5) is 14.9. The van der Waals surface area contributed by atoms with Crippen molar-refractivity contribution in [1.82, 2.24) is 4.90 Å². The summed E-state index contributed by atoms with van der Waals surface area (Å²) < 4.78 is 18.1. The van der Waals surface area contributed by atoms with E-state index in [4.69, 9.17) is 14.0 Å². The Kier molecular flexibility index (Phi) is 6.40. The number of nitrogens with zero attached hydrogens (tertiary/aromatic N) is 1. The molecule has 0 spiro atoms. The highest BCUT2D eigenvalue weighted by molar-refractivity contribution is 6.54. The molecule has 1 atom stereocenters. The third-order valence-electron chi connectivity index (χ3n) is 6.24. The first kappa shape index (κ1) is 22.9. The standard InChI is InChI=1S/C24H36BNO4/c1-22(2,3)28-21(27)26(17-18-11-9-8-10-12-18)20-15-13-19(14-16-20)25-29-23(4,5)24(6,7)30-25/h8-13,20H,14-17H2,1-7H3. The molecule has 0 bridgehead atoms. The maximum atomic E-state index is 13.0. The molecule has 6 heteroatoms. The Balaban J connectivity index is 1.73. The van der Waals surface area contributed by atoms with E-state index in [0.29, 0.717) is 6.54 Å². The molecule has 2 aliphatic rings. The van der Waals surface area contributed by atoms with Crippen LogP contribution in [-0.2, 0) is 20.6 Å². The number of hydrogen-bond acceptors (Lipinski definition) is 4. The number of allylic oxidation sites excluding steroid dienone is 1. The van der Waals surface area contributed by atoms with Crippen LogP contribution in [0.3, 0.4) is 0 Å². The summed E-state index contributed by atoms with van der Waals surface area (Å²) >= 11 is 0. The highest BCUT2D eigenvalue weighted by Gasteiger charge is 2.52. The van der Waals surface area contributed by atoms with Gasteiger partial charge in [0.2, 0.25) is 0 Å². The third-order valence-corrected chi connectivity index (χ3v) is 6.24. The fourth-order valence-electron chi connectivity index (χ4n) is 3.78. The molecule has 0 saturated carbocycles. The second-order valence-electron chi connectivity index (χ2n) is 10.4. The number of benzene rings is 1. The minimum Gasteiger partial charge on any atom is -0.444 e. The van der Waals surface area contributed by atoms with E-state index in [0.717, 1.165) is 24.8 Å². The zero-order valence-electron chi connectivity index (χ0n) is 19.5. The maximum absolute atomic E-state index is 13.0. The van der Waals surface area contributed by atoms with Crippen molar-refractivity contribution in [3.63, 3.8) is 0 Å². The van der Waals surface area contributed by atoms with Crippen molar-refractivity contribution in [2.45, 2.75) is 97.1 Å². The van der Waals surface area contributed by atoms with Crippen molar-refractivity contribution in [3.05, 3.63) is 47.4 Å². The quantitative estimate of drug-likeness (QED) is 0.609. The number of amides is 1. The average Bonchev–Trinajstić information content (AvgIpc) is 2.87. The molecule has 1 unspecified atom stereocenters. The molecule has 5 nitrogen and oxygen atoms in total. The number of carbonyl (C=O) groups excluding carboxylic acids is 1. The highest BCUT2D eigenvalue weighted by Crippen LogP contribution is 2.40. The van der Waals surface area contributed by atoms with Gasteiger partial charge >= 0.3 is 13.2 Å². The minimum absolute atomic E-state index is 0.0891. The van der Waals surface area contributed by atoms with Crippen LogP contribution in [-0.4, -0.2) is 41.0 Å². The van der Waals surface area contributed by atoms with E-state index >= 15 is 0 Å². The van der Waals surface area contributed by atoms with Gasteiger partial charge in [-0.15, -0.1) is 0 Å². The van der Waals surface area contributed by atoms with Crippen molar-refractivity contribution in [2.24, 2.45) is 0 Å². The van der Waals surface area contributed by atoms with Gasteiger partial charge in [-0.1, -0.05) is 36.4 Å². The van der Waals surface area contributed by atoms with Crippen molar-refractivity contribution < 1.29 is 18.8 Å². The summed E-state index contributed by atoms with van der Waals surface area (Å²) in [5, 5.41) is 0. The van der Waals surface area contributed by atoms with E-state index in [-0.39, 0.29) is 30.5 Å². The molecular weight excluding hydrogens is 377 g/mol. The lowest BCUT2D eigenvalue weighted by molar-refractivity contribution is 0.00578. The normalized spacial score (nSPS) is 23.1. The van der Waals surface area contributed by atoms with Gasteiger partial charge in [0.25, 0.3) is 0 Å². The molecular formula is C24H36BNO4. The zero-order chi connectivity index (χ0) is 22.2. The SMILES string of the molecule is CC(C)(C)OC(=O)N(Cc1ccccc1)C1CC=C(B2OC(C)(C)C(C)(C)O2)CC1. The third kappa shape index (κ3) is 5.27. The van der Waals surface area contributed by atoms with Gasteiger partial charge in [-0.05, 0) is 78.8 Å². The van der Waals surface area contributed by atoms with Crippen LogP contribution < -0.4 is 0 Å². The van der Waals surface area contributed by atoms with E-state index in [1.807, 2.05) is 56.0 Å². The van der Waals surface area contributed by atoms with Crippen LogP contribution in [0.25, 0.3) is 0 Å². The van der Waals surface area contributed by atoms with Crippen LogP contribution >= 0.6 is 0 Å². The molecule has 1 aliphatic carbocycles. The number of rotatable bonds is 4. The van der Waals surface area contributed by atoms with E-state index < -0.39 is 5.60 Å². The predicted molar refractivity (Wildman–Crippen MR) is 120 cm³/mol. The van der Waals surface area contributed by atoms with E-state index in [2.05, 4.69) is 33.8 Å². The smallest absolute Gasteiger partial charge is 0.444 e. The number of carbonyl (C=O) groups is 1.